The number of benzene rings is 1. The van der Waals surface area contributed by atoms with Crippen LogP contribution in [0, 0.1) is 5.41 Å². The Kier molecular flexibility index (Phi) is 3.20. The maximum absolute atomic E-state index is 12.6. The molecular weight excluding hydrogens is 226 g/mol. The number of ketones is 1. The molecule has 1 atom stereocenters. The van der Waals surface area contributed by atoms with Gasteiger partial charge in [-0.25, -0.2) is 5.06 Å². The third-order valence-electron chi connectivity index (χ3n) is 4.04. The largest absolute Gasteiger partial charge is 0.296 e. The number of para-hydroxylation sites is 1. The zero-order valence-electron chi connectivity index (χ0n) is 11.3. The summed E-state index contributed by atoms with van der Waals surface area (Å²) < 4.78 is 0. The third-order valence-corrected chi connectivity index (χ3v) is 4.04. The van der Waals surface area contributed by atoms with E-state index in [1.54, 1.807) is 0 Å². The van der Waals surface area contributed by atoms with Gasteiger partial charge in [-0.2, -0.15) is 0 Å². The van der Waals surface area contributed by atoms with Gasteiger partial charge in [0.15, 0.2) is 5.78 Å². The molecule has 0 spiro atoms. The Hall–Kier alpha value is -1.35. The van der Waals surface area contributed by atoms with Crippen LogP contribution in [0.3, 0.4) is 0 Å². The number of hydrogen-bond donors (Lipinski definition) is 1. The summed E-state index contributed by atoms with van der Waals surface area (Å²) in [6.07, 6.45) is 2.55. The van der Waals surface area contributed by atoms with Gasteiger partial charge in [0.1, 0.15) is 5.54 Å². The van der Waals surface area contributed by atoms with Crippen LogP contribution in [0.15, 0.2) is 30.3 Å². The monoisotopic (exact) mass is 247 g/mol. The van der Waals surface area contributed by atoms with Crippen molar-refractivity contribution in [3.8, 4) is 0 Å². The number of Topliss-reactive ketones (excluding diaryl/α,β-unsaturated/α-hetero) is 1. The molecular formula is C15H21NO2. The lowest BCUT2D eigenvalue weighted by Crippen LogP contribution is -2.58. The van der Waals surface area contributed by atoms with Crippen molar-refractivity contribution < 1.29 is 10.0 Å². The van der Waals surface area contributed by atoms with E-state index in [-0.39, 0.29) is 11.2 Å². The molecule has 1 N–H and O–H groups in total. The van der Waals surface area contributed by atoms with E-state index < -0.39 is 5.54 Å². The van der Waals surface area contributed by atoms with Crippen LogP contribution in [0.1, 0.15) is 40.0 Å². The summed E-state index contributed by atoms with van der Waals surface area (Å²) in [6, 6.07) is 9.26. The van der Waals surface area contributed by atoms with E-state index in [4.69, 9.17) is 0 Å². The van der Waals surface area contributed by atoms with Gasteiger partial charge in [-0.05, 0) is 38.3 Å². The highest BCUT2D eigenvalue weighted by molar-refractivity contribution is 5.95. The first-order chi connectivity index (χ1) is 8.38. The summed E-state index contributed by atoms with van der Waals surface area (Å²) in [7, 11) is 0. The van der Waals surface area contributed by atoms with Crippen LogP contribution < -0.4 is 5.06 Å². The van der Waals surface area contributed by atoms with Gasteiger partial charge < -0.3 is 0 Å². The van der Waals surface area contributed by atoms with E-state index in [2.05, 4.69) is 0 Å². The molecule has 0 aromatic heterocycles. The van der Waals surface area contributed by atoms with Crippen molar-refractivity contribution in [1.82, 2.24) is 0 Å². The van der Waals surface area contributed by atoms with Gasteiger partial charge >= 0.3 is 0 Å². The van der Waals surface area contributed by atoms with Crippen LogP contribution in [-0.4, -0.2) is 16.5 Å². The maximum atomic E-state index is 12.6. The minimum Gasteiger partial charge on any atom is -0.296 e. The minimum atomic E-state index is -0.816. The molecule has 0 amide bonds. The molecule has 0 bridgehead atoms. The van der Waals surface area contributed by atoms with Crippen molar-refractivity contribution in [3.05, 3.63) is 30.3 Å². The third kappa shape index (κ3) is 2.03. The lowest BCUT2D eigenvalue weighted by molar-refractivity contribution is -0.138. The summed E-state index contributed by atoms with van der Waals surface area (Å²) in [4.78, 5) is 12.6. The zero-order chi connectivity index (χ0) is 13.4. The van der Waals surface area contributed by atoms with Crippen molar-refractivity contribution in [1.29, 1.82) is 0 Å². The van der Waals surface area contributed by atoms with Crippen molar-refractivity contribution in [2.24, 2.45) is 5.41 Å². The van der Waals surface area contributed by atoms with Crippen LogP contribution in [0.2, 0.25) is 0 Å². The molecule has 1 fully saturated rings. The molecule has 0 heterocycles. The molecule has 1 aliphatic carbocycles. The van der Waals surface area contributed by atoms with E-state index in [9.17, 15) is 10.0 Å². The van der Waals surface area contributed by atoms with E-state index in [1.807, 2.05) is 51.1 Å². The van der Waals surface area contributed by atoms with Crippen LogP contribution in [0.25, 0.3) is 0 Å². The molecule has 0 saturated heterocycles. The Bertz CT molecular complexity index is 441. The number of hydrogen-bond acceptors (Lipinski definition) is 3. The Morgan fingerprint density at radius 3 is 2.33 bits per heavy atom. The predicted molar refractivity (Wildman–Crippen MR) is 71.8 cm³/mol. The number of carbonyl (C=O) groups is 1. The number of nitrogens with zero attached hydrogens (tertiary/aromatic N) is 1. The van der Waals surface area contributed by atoms with E-state index in [1.165, 1.54) is 0 Å². The fourth-order valence-electron chi connectivity index (χ4n) is 2.89. The zero-order valence-corrected chi connectivity index (χ0v) is 11.3. The lowest BCUT2D eigenvalue weighted by atomic mass is 9.67. The second kappa shape index (κ2) is 4.39. The molecule has 2 rings (SSSR count). The molecule has 3 nitrogen and oxygen atoms in total. The first-order valence-corrected chi connectivity index (χ1v) is 6.47. The first-order valence-electron chi connectivity index (χ1n) is 6.47. The smallest absolute Gasteiger partial charge is 0.166 e. The second-order valence-electron chi connectivity index (χ2n) is 5.99. The molecule has 1 unspecified atom stereocenters. The van der Waals surface area contributed by atoms with Gasteiger partial charge in [0.2, 0.25) is 0 Å². The number of rotatable bonds is 2. The Balaban J connectivity index is 2.33. The van der Waals surface area contributed by atoms with Crippen LogP contribution in [0.4, 0.5) is 5.69 Å². The van der Waals surface area contributed by atoms with Gasteiger partial charge in [0.25, 0.3) is 0 Å². The number of anilines is 1. The maximum Gasteiger partial charge on any atom is 0.166 e. The molecule has 0 aliphatic heterocycles. The lowest BCUT2D eigenvalue weighted by Gasteiger charge is -2.45. The van der Waals surface area contributed by atoms with E-state index in [0.29, 0.717) is 12.1 Å². The normalized spacial score (nSPS) is 27.0. The topological polar surface area (TPSA) is 40.5 Å². The molecule has 0 radical (unpaired) electrons. The van der Waals surface area contributed by atoms with Gasteiger partial charge in [-0.15, -0.1) is 0 Å². The highest BCUT2D eigenvalue weighted by atomic mass is 16.5. The Morgan fingerprint density at radius 2 is 1.72 bits per heavy atom. The first kappa shape index (κ1) is 13.1. The van der Waals surface area contributed by atoms with Crippen molar-refractivity contribution >= 4 is 11.5 Å². The van der Waals surface area contributed by atoms with E-state index in [0.717, 1.165) is 17.9 Å². The highest BCUT2D eigenvalue weighted by Gasteiger charge is 2.49. The second-order valence-corrected chi connectivity index (χ2v) is 5.99. The van der Waals surface area contributed by atoms with Crippen LogP contribution in [-0.2, 0) is 4.79 Å². The SMILES string of the molecule is CC1(C)CCCC(C)(N(O)c2ccccc2)C1=O. The Labute approximate surface area is 108 Å². The van der Waals surface area contributed by atoms with Gasteiger partial charge in [-0.1, -0.05) is 32.0 Å². The highest BCUT2D eigenvalue weighted by Crippen LogP contribution is 2.41. The average Bonchev–Trinajstić information content (AvgIpc) is 2.36. The molecule has 98 valence electrons. The summed E-state index contributed by atoms with van der Waals surface area (Å²) >= 11 is 0. The molecule has 1 saturated carbocycles. The standard InChI is InChI=1S/C15H21NO2/c1-14(2)10-7-11-15(3,13(14)17)16(18)12-8-5-4-6-9-12/h4-6,8-9,18H,7,10-11H2,1-3H3. The van der Waals surface area contributed by atoms with Gasteiger partial charge in [-0.3, -0.25) is 10.0 Å². The van der Waals surface area contributed by atoms with Crippen LogP contribution >= 0.6 is 0 Å². The fraction of sp³-hybridized carbons (Fsp3) is 0.533. The quantitative estimate of drug-likeness (QED) is 0.814. The van der Waals surface area contributed by atoms with Gasteiger partial charge in [0.05, 0.1) is 5.69 Å². The molecule has 1 aliphatic rings. The molecule has 1 aromatic rings. The predicted octanol–water partition coefficient (Wildman–Crippen LogP) is 3.42. The molecule has 18 heavy (non-hydrogen) atoms. The Morgan fingerprint density at radius 1 is 1.11 bits per heavy atom. The number of carbonyl (C=O) groups excluding carboxylic acids is 1. The summed E-state index contributed by atoms with van der Waals surface area (Å²) in [6.45, 7) is 5.76. The fourth-order valence-corrected chi connectivity index (χ4v) is 2.89. The summed E-state index contributed by atoms with van der Waals surface area (Å²) in [5, 5.41) is 11.6. The molecule has 1 aromatic carbocycles. The van der Waals surface area contributed by atoms with Crippen LogP contribution in [0.5, 0.6) is 0 Å². The van der Waals surface area contributed by atoms with Crippen molar-refractivity contribution in [2.75, 3.05) is 5.06 Å². The molecule has 3 heteroatoms. The summed E-state index contributed by atoms with van der Waals surface area (Å²) in [5.41, 5.74) is -0.502. The van der Waals surface area contributed by atoms with Crippen molar-refractivity contribution in [2.45, 2.75) is 45.6 Å². The minimum absolute atomic E-state index is 0.118. The van der Waals surface area contributed by atoms with E-state index >= 15 is 0 Å². The average molecular weight is 247 g/mol. The number of hydroxylamine groups is 1. The van der Waals surface area contributed by atoms with Crippen molar-refractivity contribution in [3.63, 3.8) is 0 Å². The summed E-state index contributed by atoms with van der Waals surface area (Å²) in [5.74, 6) is 0.118. The van der Waals surface area contributed by atoms with Gasteiger partial charge in [0, 0.05) is 5.41 Å².